The highest BCUT2D eigenvalue weighted by molar-refractivity contribution is 5.88. The Bertz CT molecular complexity index is 254. The molecule has 0 aromatic heterocycles. The Morgan fingerprint density at radius 3 is 2.40 bits per heavy atom. The quantitative estimate of drug-likeness (QED) is 0.394. The van der Waals surface area contributed by atoms with E-state index >= 15 is 0 Å². The molecule has 86 valence electrons. The van der Waals surface area contributed by atoms with Crippen LogP contribution in [0.5, 0.6) is 0 Å². The van der Waals surface area contributed by atoms with Crippen molar-refractivity contribution in [2.45, 2.75) is 18.9 Å². The summed E-state index contributed by atoms with van der Waals surface area (Å²) in [6.07, 6.45) is -0.250. The van der Waals surface area contributed by atoms with Gasteiger partial charge in [-0.15, -0.1) is 0 Å². The van der Waals surface area contributed by atoms with E-state index < -0.39 is 30.2 Å². The molecule has 7 heteroatoms. The van der Waals surface area contributed by atoms with Crippen molar-refractivity contribution >= 4 is 17.8 Å². The van der Waals surface area contributed by atoms with E-state index in [2.05, 4.69) is 10.6 Å². The second-order valence-corrected chi connectivity index (χ2v) is 2.98. The molecule has 1 unspecified atom stereocenters. The number of carboxylic acid groups (broad SMARTS) is 1. The number of hydrogen-bond donors (Lipinski definition) is 4. The summed E-state index contributed by atoms with van der Waals surface area (Å²) in [7, 11) is 1.67. The molecule has 15 heavy (non-hydrogen) atoms. The number of carbonyl (C=O) groups is 3. The van der Waals surface area contributed by atoms with Gasteiger partial charge in [-0.2, -0.15) is 0 Å². The summed E-state index contributed by atoms with van der Waals surface area (Å²) < 4.78 is 0. The number of nitrogens with one attached hydrogen (secondary N) is 2. The van der Waals surface area contributed by atoms with E-state index in [1.807, 2.05) is 0 Å². The number of primary amides is 1. The van der Waals surface area contributed by atoms with Crippen molar-refractivity contribution in [2.75, 3.05) is 13.6 Å². The van der Waals surface area contributed by atoms with Gasteiger partial charge in [0.05, 0.1) is 6.42 Å². The molecule has 0 aliphatic heterocycles. The predicted octanol–water partition coefficient (Wildman–Crippen LogP) is -1.96. The van der Waals surface area contributed by atoms with Gasteiger partial charge >= 0.3 is 5.97 Å². The molecule has 0 rings (SSSR count). The smallest absolute Gasteiger partial charge is 0.326 e. The highest BCUT2D eigenvalue weighted by atomic mass is 16.4. The topological polar surface area (TPSA) is 122 Å². The summed E-state index contributed by atoms with van der Waals surface area (Å²) in [6, 6.07) is -1.24. The second-order valence-electron chi connectivity index (χ2n) is 2.98. The average molecular weight is 217 g/mol. The molecule has 0 aliphatic rings. The number of hydrogen-bond acceptors (Lipinski definition) is 4. The molecule has 0 fully saturated rings. The van der Waals surface area contributed by atoms with E-state index in [0.29, 0.717) is 6.54 Å². The van der Waals surface area contributed by atoms with Crippen molar-refractivity contribution in [3.05, 3.63) is 0 Å². The van der Waals surface area contributed by atoms with Crippen LogP contribution < -0.4 is 16.4 Å². The first kappa shape index (κ1) is 13.4. The maximum Gasteiger partial charge on any atom is 0.326 e. The first-order valence-corrected chi connectivity index (χ1v) is 4.42. The number of aliphatic carboxylic acids is 1. The normalized spacial score (nSPS) is 11.8. The number of amides is 2. The van der Waals surface area contributed by atoms with Crippen LogP contribution in [-0.4, -0.2) is 42.5 Å². The summed E-state index contributed by atoms with van der Waals surface area (Å²) in [6.45, 7) is 0.439. The van der Waals surface area contributed by atoms with Crippen molar-refractivity contribution in [3.63, 3.8) is 0 Å². The highest BCUT2D eigenvalue weighted by Gasteiger charge is 2.21. The molecule has 0 heterocycles. The highest BCUT2D eigenvalue weighted by Crippen LogP contribution is 1.92. The molecule has 0 aromatic carbocycles. The van der Waals surface area contributed by atoms with Gasteiger partial charge in [0, 0.05) is 13.0 Å². The van der Waals surface area contributed by atoms with E-state index in [0.717, 1.165) is 0 Å². The molecular formula is C8H15N3O4. The van der Waals surface area contributed by atoms with E-state index in [1.54, 1.807) is 7.05 Å². The molecule has 0 aliphatic carbocycles. The first-order valence-electron chi connectivity index (χ1n) is 4.42. The van der Waals surface area contributed by atoms with Crippen LogP contribution in [0.25, 0.3) is 0 Å². The fourth-order valence-electron chi connectivity index (χ4n) is 0.906. The zero-order chi connectivity index (χ0) is 11.8. The molecule has 0 saturated carbocycles. The lowest BCUT2D eigenvalue weighted by molar-refractivity contribution is -0.143. The maximum atomic E-state index is 11.1. The molecule has 0 saturated heterocycles. The van der Waals surface area contributed by atoms with Crippen LogP contribution in [0.3, 0.4) is 0 Å². The van der Waals surface area contributed by atoms with Crippen LogP contribution in [0, 0.1) is 0 Å². The first-order chi connectivity index (χ1) is 6.97. The van der Waals surface area contributed by atoms with Gasteiger partial charge in [-0.25, -0.2) is 4.79 Å². The molecule has 0 aromatic rings. The van der Waals surface area contributed by atoms with Crippen LogP contribution in [0.4, 0.5) is 0 Å². The van der Waals surface area contributed by atoms with Gasteiger partial charge < -0.3 is 21.5 Å². The Kier molecular flexibility index (Phi) is 6.03. The third-order valence-electron chi connectivity index (χ3n) is 1.64. The lowest BCUT2D eigenvalue weighted by atomic mass is 10.2. The molecule has 0 radical (unpaired) electrons. The van der Waals surface area contributed by atoms with Crippen molar-refractivity contribution in [3.8, 4) is 0 Å². The van der Waals surface area contributed by atoms with E-state index in [9.17, 15) is 14.4 Å². The minimum absolute atomic E-state index is 0.152. The molecule has 5 N–H and O–H groups in total. The van der Waals surface area contributed by atoms with Crippen LogP contribution in [-0.2, 0) is 14.4 Å². The molecule has 7 nitrogen and oxygen atoms in total. The van der Waals surface area contributed by atoms with Gasteiger partial charge in [0.15, 0.2) is 0 Å². The van der Waals surface area contributed by atoms with Crippen LogP contribution in [0.2, 0.25) is 0 Å². The summed E-state index contributed by atoms with van der Waals surface area (Å²) >= 11 is 0. The monoisotopic (exact) mass is 217 g/mol. The zero-order valence-electron chi connectivity index (χ0n) is 8.45. The second kappa shape index (κ2) is 6.77. The van der Waals surface area contributed by atoms with Crippen LogP contribution >= 0.6 is 0 Å². The number of carbonyl (C=O) groups excluding carboxylic acids is 2. The lowest BCUT2D eigenvalue weighted by Crippen LogP contribution is -2.43. The van der Waals surface area contributed by atoms with Gasteiger partial charge in [-0.1, -0.05) is 0 Å². The maximum absolute atomic E-state index is 11.1. The average Bonchev–Trinajstić information content (AvgIpc) is 2.12. The SMILES string of the molecule is CNCCC(=O)NC(CC(N)=O)C(=O)O. The Balaban J connectivity index is 4.10. The number of nitrogens with two attached hydrogens (primary N) is 1. The zero-order valence-corrected chi connectivity index (χ0v) is 8.45. The fourth-order valence-corrected chi connectivity index (χ4v) is 0.906. The van der Waals surface area contributed by atoms with E-state index in [4.69, 9.17) is 10.8 Å². The fraction of sp³-hybridized carbons (Fsp3) is 0.625. The third-order valence-corrected chi connectivity index (χ3v) is 1.64. The summed E-state index contributed by atoms with van der Waals surface area (Å²) in [5.41, 5.74) is 4.84. The number of rotatable bonds is 7. The Morgan fingerprint density at radius 2 is 2.00 bits per heavy atom. The minimum Gasteiger partial charge on any atom is -0.480 e. The van der Waals surface area contributed by atoms with Crippen LogP contribution in [0.15, 0.2) is 0 Å². The lowest BCUT2D eigenvalue weighted by Gasteiger charge is -2.12. The summed E-state index contributed by atoms with van der Waals surface area (Å²) in [5, 5.41) is 13.6. The minimum atomic E-state index is -1.27. The van der Waals surface area contributed by atoms with Gasteiger partial charge in [0.2, 0.25) is 11.8 Å². The number of carboxylic acids is 1. The Hall–Kier alpha value is -1.63. The molecule has 1 atom stereocenters. The Labute approximate surface area is 87.0 Å². The van der Waals surface area contributed by atoms with Crippen LogP contribution in [0.1, 0.15) is 12.8 Å². The molecule has 2 amide bonds. The van der Waals surface area contributed by atoms with E-state index in [-0.39, 0.29) is 6.42 Å². The molecule has 0 spiro atoms. The Morgan fingerprint density at radius 1 is 1.40 bits per heavy atom. The standard InChI is InChI=1S/C8H15N3O4/c1-10-3-2-7(13)11-5(8(14)15)4-6(9)12/h5,10H,2-4H2,1H3,(H2,9,12)(H,11,13)(H,14,15). The van der Waals surface area contributed by atoms with Crippen molar-refractivity contribution in [1.29, 1.82) is 0 Å². The third kappa shape index (κ3) is 6.44. The predicted molar refractivity (Wildman–Crippen MR) is 51.9 cm³/mol. The van der Waals surface area contributed by atoms with Gasteiger partial charge in [-0.3, -0.25) is 9.59 Å². The van der Waals surface area contributed by atoms with Crippen molar-refractivity contribution < 1.29 is 19.5 Å². The van der Waals surface area contributed by atoms with Gasteiger partial charge in [0.25, 0.3) is 0 Å². The van der Waals surface area contributed by atoms with Crippen molar-refractivity contribution in [2.24, 2.45) is 5.73 Å². The molecule has 0 bridgehead atoms. The summed E-state index contributed by atoms with van der Waals surface area (Å²) in [5.74, 6) is -2.47. The molecular weight excluding hydrogens is 202 g/mol. The van der Waals surface area contributed by atoms with Crippen molar-refractivity contribution in [1.82, 2.24) is 10.6 Å². The van der Waals surface area contributed by atoms with Gasteiger partial charge in [0.1, 0.15) is 6.04 Å². The largest absolute Gasteiger partial charge is 0.480 e. The summed E-state index contributed by atoms with van der Waals surface area (Å²) in [4.78, 5) is 32.2. The van der Waals surface area contributed by atoms with Gasteiger partial charge in [-0.05, 0) is 7.05 Å². The van der Waals surface area contributed by atoms with E-state index in [1.165, 1.54) is 0 Å².